The summed E-state index contributed by atoms with van der Waals surface area (Å²) in [5.41, 5.74) is -1.26. The third kappa shape index (κ3) is 4.64. The van der Waals surface area contributed by atoms with E-state index in [-0.39, 0.29) is 23.6 Å². The molecule has 160 valence electrons. The molecule has 0 saturated heterocycles. The number of furan rings is 1. The summed E-state index contributed by atoms with van der Waals surface area (Å²) in [4.78, 5) is 24.7. The third-order valence-corrected chi connectivity index (χ3v) is 4.47. The highest BCUT2D eigenvalue weighted by Crippen LogP contribution is 2.35. The first kappa shape index (κ1) is 21.4. The van der Waals surface area contributed by atoms with Gasteiger partial charge in [-0.1, -0.05) is 11.6 Å². The molecule has 0 aromatic carbocycles. The van der Waals surface area contributed by atoms with E-state index in [4.69, 9.17) is 16.0 Å². The van der Waals surface area contributed by atoms with Crippen LogP contribution in [0.3, 0.4) is 0 Å². The zero-order valence-electron chi connectivity index (χ0n) is 15.7. The number of alkyl halides is 3. The van der Waals surface area contributed by atoms with Crippen molar-refractivity contribution in [2.75, 3.05) is 5.32 Å². The van der Waals surface area contributed by atoms with Gasteiger partial charge >= 0.3 is 6.18 Å². The van der Waals surface area contributed by atoms with Crippen LogP contribution < -0.4 is 10.6 Å². The summed E-state index contributed by atoms with van der Waals surface area (Å²) in [5, 5.41) is 11.9. The summed E-state index contributed by atoms with van der Waals surface area (Å²) < 4.78 is 46.0. The van der Waals surface area contributed by atoms with Crippen molar-refractivity contribution in [3.63, 3.8) is 0 Å². The fourth-order valence-electron chi connectivity index (χ4n) is 2.60. The maximum absolute atomic E-state index is 12.9. The molecular formula is C17H16ClF3N6O3. The highest BCUT2D eigenvalue weighted by molar-refractivity contribution is 6.32. The molecule has 0 fully saturated rings. The molecule has 0 aliphatic heterocycles. The Bertz CT molecular complexity index is 1070. The van der Waals surface area contributed by atoms with E-state index in [9.17, 15) is 22.8 Å². The van der Waals surface area contributed by atoms with Gasteiger partial charge in [-0.25, -0.2) is 0 Å². The lowest BCUT2D eigenvalue weighted by atomic mass is 10.3. The predicted octanol–water partition coefficient (Wildman–Crippen LogP) is 2.76. The zero-order valence-corrected chi connectivity index (χ0v) is 16.5. The Labute approximate surface area is 172 Å². The molecule has 13 heteroatoms. The first-order valence-corrected chi connectivity index (χ1v) is 8.88. The number of amides is 2. The first-order valence-electron chi connectivity index (χ1n) is 8.50. The Kier molecular flexibility index (Phi) is 5.87. The van der Waals surface area contributed by atoms with Crippen LogP contribution in [0.1, 0.15) is 27.6 Å². The van der Waals surface area contributed by atoms with Gasteiger partial charge in [-0.05, 0) is 19.1 Å². The molecule has 0 saturated carbocycles. The molecule has 0 atom stereocenters. The zero-order chi connectivity index (χ0) is 22.1. The number of aryl methyl sites for hydroxylation is 1. The highest BCUT2D eigenvalue weighted by atomic mass is 35.5. The molecule has 2 N–H and O–H groups in total. The Hall–Kier alpha value is -3.28. The molecule has 0 radical (unpaired) electrons. The molecule has 0 aliphatic rings. The Morgan fingerprint density at radius 3 is 2.63 bits per heavy atom. The topological polar surface area (TPSA) is 107 Å². The minimum atomic E-state index is -4.74. The number of nitrogens with zero attached hydrogens (tertiary/aromatic N) is 4. The van der Waals surface area contributed by atoms with Gasteiger partial charge in [0.1, 0.15) is 12.3 Å². The number of halogens is 4. The summed E-state index contributed by atoms with van der Waals surface area (Å²) in [6.45, 7) is 0.889. The quantitative estimate of drug-likeness (QED) is 0.608. The normalized spacial score (nSPS) is 11.5. The van der Waals surface area contributed by atoms with E-state index in [1.165, 1.54) is 24.1 Å². The van der Waals surface area contributed by atoms with Crippen molar-refractivity contribution in [2.24, 2.45) is 7.05 Å². The minimum absolute atomic E-state index is 0.0123. The summed E-state index contributed by atoms with van der Waals surface area (Å²) in [5.74, 6) is -0.754. The van der Waals surface area contributed by atoms with E-state index < -0.39 is 35.3 Å². The van der Waals surface area contributed by atoms with Gasteiger partial charge in [0.15, 0.2) is 11.4 Å². The Morgan fingerprint density at radius 2 is 2.03 bits per heavy atom. The van der Waals surface area contributed by atoms with Gasteiger partial charge in [0.25, 0.3) is 5.91 Å². The van der Waals surface area contributed by atoms with Gasteiger partial charge in [-0.15, -0.1) is 0 Å². The fraction of sp³-hybridized carbons (Fsp3) is 0.294. The number of carbonyl (C=O) groups excluding carboxylic acids is 2. The second-order valence-corrected chi connectivity index (χ2v) is 6.66. The third-order valence-electron chi connectivity index (χ3n) is 4.02. The van der Waals surface area contributed by atoms with Gasteiger partial charge in [0.05, 0.1) is 29.2 Å². The molecule has 0 unspecified atom stereocenters. The number of carbonyl (C=O) groups is 2. The van der Waals surface area contributed by atoms with Gasteiger partial charge in [0.2, 0.25) is 5.91 Å². The predicted molar refractivity (Wildman–Crippen MR) is 98.7 cm³/mol. The molecule has 2 amide bonds. The monoisotopic (exact) mass is 444 g/mol. The van der Waals surface area contributed by atoms with Gasteiger partial charge in [0, 0.05) is 13.2 Å². The van der Waals surface area contributed by atoms with Crippen LogP contribution in [0.15, 0.2) is 29.0 Å². The van der Waals surface area contributed by atoms with Crippen LogP contribution in [0.4, 0.5) is 18.9 Å². The summed E-state index contributed by atoms with van der Waals surface area (Å²) >= 11 is 5.68. The number of rotatable bonds is 6. The van der Waals surface area contributed by atoms with Crippen LogP contribution in [0.2, 0.25) is 5.02 Å². The summed E-state index contributed by atoms with van der Waals surface area (Å²) in [6.07, 6.45) is -1.89. The lowest BCUT2D eigenvalue weighted by Gasteiger charge is -2.07. The van der Waals surface area contributed by atoms with Crippen molar-refractivity contribution in [3.05, 3.63) is 52.5 Å². The van der Waals surface area contributed by atoms with Crippen LogP contribution in [0.5, 0.6) is 0 Å². The lowest BCUT2D eigenvalue weighted by molar-refractivity contribution is -0.141. The van der Waals surface area contributed by atoms with Crippen LogP contribution in [0, 0.1) is 6.92 Å². The number of nitrogens with one attached hydrogen (secondary N) is 2. The summed E-state index contributed by atoms with van der Waals surface area (Å²) in [7, 11) is 1.55. The fourth-order valence-corrected chi connectivity index (χ4v) is 2.84. The molecule has 30 heavy (non-hydrogen) atoms. The SMILES string of the molecule is Cc1c(Cl)c(C(F)(F)F)nn1CC(=O)Nc1cn(C)nc1C(=O)NCc1ccco1. The van der Waals surface area contributed by atoms with E-state index in [0.717, 1.165) is 4.68 Å². The highest BCUT2D eigenvalue weighted by Gasteiger charge is 2.38. The molecule has 3 aromatic rings. The molecule has 0 spiro atoms. The van der Waals surface area contributed by atoms with E-state index in [1.807, 2.05) is 0 Å². The van der Waals surface area contributed by atoms with Crippen molar-refractivity contribution in [2.45, 2.75) is 26.2 Å². The molecule has 9 nitrogen and oxygen atoms in total. The van der Waals surface area contributed by atoms with Gasteiger partial charge in [-0.3, -0.25) is 19.0 Å². The number of anilines is 1. The van der Waals surface area contributed by atoms with Crippen LogP contribution in [-0.4, -0.2) is 31.4 Å². The lowest BCUT2D eigenvalue weighted by Crippen LogP contribution is -2.26. The maximum Gasteiger partial charge on any atom is 0.436 e. The second kappa shape index (κ2) is 8.22. The smallest absolute Gasteiger partial charge is 0.436 e. The van der Waals surface area contributed by atoms with Crippen molar-refractivity contribution < 1.29 is 27.2 Å². The number of hydrogen-bond acceptors (Lipinski definition) is 5. The average molecular weight is 445 g/mol. The van der Waals surface area contributed by atoms with Crippen molar-refractivity contribution in [3.8, 4) is 0 Å². The molecule has 0 bridgehead atoms. The Morgan fingerprint density at radius 1 is 1.30 bits per heavy atom. The van der Waals surface area contributed by atoms with Crippen molar-refractivity contribution in [1.82, 2.24) is 24.9 Å². The number of hydrogen-bond donors (Lipinski definition) is 2. The van der Waals surface area contributed by atoms with E-state index in [2.05, 4.69) is 20.8 Å². The number of aromatic nitrogens is 4. The molecule has 3 heterocycles. The van der Waals surface area contributed by atoms with E-state index in [1.54, 1.807) is 19.2 Å². The summed E-state index contributed by atoms with van der Waals surface area (Å²) in [6, 6.07) is 3.34. The largest absolute Gasteiger partial charge is 0.467 e. The Balaban J connectivity index is 1.71. The van der Waals surface area contributed by atoms with Gasteiger partial charge in [-0.2, -0.15) is 23.4 Å². The van der Waals surface area contributed by atoms with E-state index >= 15 is 0 Å². The van der Waals surface area contributed by atoms with Crippen molar-refractivity contribution in [1.29, 1.82) is 0 Å². The molecule has 3 rings (SSSR count). The van der Waals surface area contributed by atoms with Gasteiger partial charge < -0.3 is 15.1 Å². The van der Waals surface area contributed by atoms with Crippen LogP contribution in [-0.2, 0) is 31.1 Å². The standard InChI is InChI=1S/C17H16ClF3N6O3/c1-9-13(18)15(17(19,20)21)25-27(9)8-12(28)23-11-7-26(2)24-14(11)16(29)22-6-10-4-3-5-30-10/h3-5,7H,6,8H2,1-2H3,(H,22,29)(H,23,28). The van der Waals surface area contributed by atoms with Crippen LogP contribution in [0.25, 0.3) is 0 Å². The minimum Gasteiger partial charge on any atom is -0.467 e. The van der Waals surface area contributed by atoms with Crippen LogP contribution >= 0.6 is 11.6 Å². The molecule has 0 aliphatic carbocycles. The average Bonchev–Trinajstić information content (AvgIpc) is 3.36. The van der Waals surface area contributed by atoms with Crippen molar-refractivity contribution >= 4 is 29.1 Å². The van der Waals surface area contributed by atoms with E-state index in [0.29, 0.717) is 5.76 Å². The molecular weight excluding hydrogens is 429 g/mol. The molecule has 3 aromatic heterocycles. The first-order chi connectivity index (χ1) is 14.1. The maximum atomic E-state index is 12.9. The second-order valence-electron chi connectivity index (χ2n) is 6.28.